The Hall–Kier alpha value is -3.61. The number of aromatic nitrogens is 2. The van der Waals surface area contributed by atoms with Gasteiger partial charge in [-0.2, -0.15) is 0 Å². The molecule has 7 heteroatoms. The van der Waals surface area contributed by atoms with Crippen molar-refractivity contribution in [2.24, 2.45) is 0 Å². The molecule has 0 bridgehead atoms. The van der Waals surface area contributed by atoms with Crippen molar-refractivity contribution in [3.8, 4) is 17.0 Å². The molecule has 150 valence electrons. The lowest BCUT2D eigenvalue weighted by molar-refractivity contribution is 0.0500. The first-order chi connectivity index (χ1) is 14.1. The molecule has 0 aliphatic rings. The van der Waals surface area contributed by atoms with E-state index in [-0.39, 0.29) is 17.5 Å². The van der Waals surface area contributed by atoms with Crippen LogP contribution in [0.4, 0.5) is 11.6 Å². The molecule has 0 spiro atoms. The van der Waals surface area contributed by atoms with Crippen molar-refractivity contribution in [1.82, 2.24) is 9.97 Å². The predicted molar refractivity (Wildman–Crippen MR) is 112 cm³/mol. The summed E-state index contributed by atoms with van der Waals surface area (Å²) in [5.74, 6) is 0.620. The van der Waals surface area contributed by atoms with Gasteiger partial charge in [0.1, 0.15) is 5.75 Å². The van der Waals surface area contributed by atoms with Gasteiger partial charge in [0.25, 0.3) is 5.56 Å². The van der Waals surface area contributed by atoms with E-state index in [0.29, 0.717) is 23.6 Å². The minimum absolute atomic E-state index is 0.278. The molecule has 0 amide bonds. The molecular formula is C22H23N3O4. The van der Waals surface area contributed by atoms with Crippen LogP contribution in [0.1, 0.15) is 30.1 Å². The van der Waals surface area contributed by atoms with Crippen LogP contribution in [0.15, 0.2) is 59.4 Å². The summed E-state index contributed by atoms with van der Waals surface area (Å²) in [4.78, 5) is 31.3. The van der Waals surface area contributed by atoms with Crippen LogP contribution in [0.5, 0.6) is 5.75 Å². The number of benzene rings is 2. The van der Waals surface area contributed by atoms with Gasteiger partial charge < -0.3 is 14.8 Å². The fourth-order valence-corrected chi connectivity index (χ4v) is 2.68. The highest BCUT2D eigenvalue weighted by Crippen LogP contribution is 2.21. The number of nitrogens with zero attached hydrogens (tertiary/aromatic N) is 1. The van der Waals surface area contributed by atoms with E-state index < -0.39 is 0 Å². The van der Waals surface area contributed by atoms with Crippen molar-refractivity contribution >= 4 is 17.6 Å². The van der Waals surface area contributed by atoms with Crippen LogP contribution in [-0.4, -0.2) is 29.7 Å². The highest BCUT2D eigenvalue weighted by Gasteiger charge is 2.09. The first-order valence-electron chi connectivity index (χ1n) is 9.39. The van der Waals surface area contributed by atoms with Crippen molar-refractivity contribution < 1.29 is 14.3 Å². The molecule has 2 aromatic carbocycles. The minimum atomic E-state index is -0.379. The molecule has 1 heterocycles. The third kappa shape index (κ3) is 5.44. The number of H-pyrrole nitrogens is 1. The number of carbonyl (C=O) groups excluding carboxylic acids is 1. The molecule has 3 aromatic rings. The Kier molecular flexibility index (Phi) is 6.63. The number of methoxy groups -OCH3 is 1. The maximum Gasteiger partial charge on any atom is 0.338 e. The number of hydrogen-bond acceptors (Lipinski definition) is 6. The summed E-state index contributed by atoms with van der Waals surface area (Å²) in [5, 5.41) is 3.04. The number of aromatic amines is 1. The summed E-state index contributed by atoms with van der Waals surface area (Å²) in [6.07, 6.45) is 1.78. The summed E-state index contributed by atoms with van der Waals surface area (Å²) >= 11 is 0. The van der Waals surface area contributed by atoms with Gasteiger partial charge in [0.2, 0.25) is 5.95 Å². The second kappa shape index (κ2) is 9.54. The number of carbonyl (C=O) groups is 1. The lowest BCUT2D eigenvalue weighted by Gasteiger charge is -2.09. The van der Waals surface area contributed by atoms with Crippen LogP contribution in [0, 0.1) is 0 Å². The first kappa shape index (κ1) is 20.1. The molecule has 0 atom stereocenters. The molecule has 7 nitrogen and oxygen atoms in total. The van der Waals surface area contributed by atoms with Crippen molar-refractivity contribution in [3.05, 3.63) is 70.5 Å². The molecule has 0 radical (unpaired) electrons. The number of ether oxygens (including phenoxy) is 2. The van der Waals surface area contributed by atoms with E-state index in [0.717, 1.165) is 24.2 Å². The molecule has 3 rings (SSSR count). The van der Waals surface area contributed by atoms with Crippen LogP contribution >= 0.6 is 0 Å². The van der Waals surface area contributed by atoms with Crippen LogP contribution < -0.4 is 15.6 Å². The van der Waals surface area contributed by atoms with Crippen molar-refractivity contribution in [2.75, 3.05) is 19.0 Å². The molecule has 2 N–H and O–H groups in total. The number of esters is 1. The predicted octanol–water partition coefficient (Wildman–Crippen LogP) is 4.15. The summed E-state index contributed by atoms with van der Waals surface area (Å²) < 4.78 is 10.4. The fraction of sp³-hybridized carbons (Fsp3) is 0.227. The largest absolute Gasteiger partial charge is 0.497 e. The molecule has 0 aliphatic carbocycles. The molecular weight excluding hydrogens is 370 g/mol. The summed E-state index contributed by atoms with van der Waals surface area (Å²) in [5.41, 5.74) is 2.07. The molecule has 1 aromatic heterocycles. The molecule has 0 unspecified atom stereocenters. The second-order valence-electron chi connectivity index (χ2n) is 6.40. The summed E-state index contributed by atoms with van der Waals surface area (Å²) in [6, 6.07) is 15.6. The number of rotatable bonds is 8. The fourth-order valence-electron chi connectivity index (χ4n) is 2.68. The molecule has 0 saturated heterocycles. The van der Waals surface area contributed by atoms with Crippen LogP contribution in [0.3, 0.4) is 0 Å². The lowest BCUT2D eigenvalue weighted by atomic mass is 10.1. The Labute approximate surface area is 168 Å². The normalized spacial score (nSPS) is 10.4. The van der Waals surface area contributed by atoms with Crippen LogP contribution in [0.25, 0.3) is 11.3 Å². The SMILES string of the molecule is CCCCOC(=O)c1cccc(Nc2nc(-c3ccc(OC)cc3)cc(=O)[nH]2)c1. The smallest absolute Gasteiger partial charge is 0.338 e. The van der Waals surface area contributed by atoms with Crippen LogP contribution in [-0.2, 0) is 4.74 Å². The number of anilines is 2. The van der Waals surface area contributed by atoms with E-state index in [9.17, 15) is 9.59 Å². The summed E-state index contributed by atoms with van der Waals surface area (Å²) in [6.45, 7) is 2.43. The molecule has 29 heavy (non-hydrogen) atoms. The third-order valence-electron chi connectivity index (χ3n) is 4.22. The standard InChI is InChI=1S/C22H23N3O4/c1-3-4-12-29-21(27)16-6-5-7-17(13-16)23-22-24-19(14-20(26)25-22)15-8-10-18(28-2)11-9-15/h5-11,13-14H,3-4,12H2,1-2H3,(H2,23,24,25,26). The van der Waals surface area contributed by atoms with Gasteiger partial charge in [0.05, 0.1) is 25.0 Å². The topological polar surface area (TPSA) is 93.3 Å². The van der Waals surface area contributed by atoms with Gasteiger partial charge in [-0.25, -0.2) is 9.78 Å². The van der Waals surface area contributed by atoms with Gasteiger partial charge in [0.15, 0.2) is 0 Å². The van der Waals surface area contributed by atoms with Crippen LogP contribution in [0.2, 0.25) is 0 Å². The Balaban J connectivity index is 1.79. The highest BCUT2D eigenvalue weighted by atomic mass is 16.5. The Bertz CT molecular complexity index is 1030. The van der Waals surface area contributed by atoms with Crippen molar-refractivity contribution in [1.29, 1.82) is 0 Å². The first-order valence-corrected chi connectivity index (χ1v) is 9.39. The van der Waals surface area contributed by atoms with Gasteiger partial charge >= 0.3 is 5.97 Å². The maximum atomic E-state index is 12.1. The number of hydrogen-bond donors (Lipinski definition) is 2. The van der Waals surface area contributed by atoms with Crippen molar-refractivity contribution in [3.63, 3.8) is 0 Å². The van der Waals surface area contributed by atoms with E-state index in [2.05, 4.69) is 15.3 Å². The highest BCUT2D eigenvalue weighted by molar-refractivity contribution is 5.90. The van der Waals surface area contributed by atoms with Gasteiger partial charge in [-0.1, -0.05) is 19.4 Å². The zero-order valence-corrected chi connectivity index (χ0v) is 16.4. The zero-order valence-electron chi connectivity index (χ0n) is 16.4. The van der Waals surface area contributed by atoms with Crippen molar-refractivity contribution in [2.45, 2.75) is 19.8 Å². The third-order valence-corrected chi connectivity index (χ3v) is 4.22. The second-order valence-corrected chi connectivity index (χ2v) is 6.40. The van der Waals surface area contributed by atoms with Gasteiger partial charge in [-0.05, 0) is 48.9 Å². The van der Waals surface area contributed by atoms with E-state index in [4.69, 9.17) is 9.47 Å². The number of nitrogens with one attached hydrogen (secondary N) is 2. The zero-order chi connectivity index (χ0) is 20.6. The van der Waals surface area contributed by atoms with E-state index in [1.54, 1.807) is 43.5 Å². The quantitative estimate of drug-likeness (QED) is 0.441. The molecule has 0 fully saturated rings. The summed E-state index contributed by atoms with van der Waals surface area (Å²) in [7, 11) is 1.59. The average Bonchev–Trinajstić information content (AvgIpc) is 2.73. The molecule has 0 aliphatic heterocycles. The minimum Gasteiger partial charge on any atom is -0.497 e. The lowest BCUT2D eigenvalue weighted by Crippen LogP contribution is -2.11. The van der Waals surface area contributed by atoms with E-state index >= 15 is 0 Å². The van der Waals surface area contributed by atoms with Gasteiger partial charge in [0, 0.05) is 17.3 Å². The Morgan fingerprint density at radius 2 is 1.93 bits per heavy atom. The molecule has 0 saturated carbocycles. The Morgan fingerprint density at radius 1 is 1.14 bits per heavy atom. The number of unbranched alkanes of at least 4 members (excludes halogenated alkanes) is 1. The Morgan fingerprint density at radius 3 is 2.66 bits per heavy atom. The van der Waals surface area contributed by atoms with E-state index in [1.165, 1.54) is 6.07 Å². The monoisotopic (exact) mass is 393 g/mol. The average molecular weight is 393 g/mol. The van der Waals surface area contributed by atoms with Gasteiger partial charge in [-0.3, -0.25) is 9.78 Å². The maximum absolute atomic E-state index is 12.1. The van der Waals surface area contributed by atoms with Gasteiger partial charge in [-0.15, -0.1) is 0 Å². The van der Waals surface area contributed by atoms with E-state index in [1.807, 2.05) is 19.1 Å².